The van der Waals surface area contributed by atoms with Gasteiger partial charge in [0.25, 0.3) is 0 Å². The third-order valence-corrected chi connectivity index (χ3v) is 5.22. The first kappa shape index (κ1) is 26.8. The molecule has 0 saturated carbocycles. The van der Waals surface area contributed by atoms with E-state index in [1.165, 1.54) is 12.0 Å². The molecule has 1 amide bonds. The summed E-state index contributed by atoms with van der Waals surface area (Å²) in [4.78, 5) is 30.8. The Kier molecular flexibility index (Phi) is 9.87. The molecule has 1 aliphatic rings. The number of hydrogen-bond acceptors (Lipinski definition) is 10. The van der Waals surface area contributed by atoms with Gasteiger partial charge in [0.15, 0.2) is 18.4 Å². The first-order chi connectivity index (χ1) is 15.6. The van der Waals surface area contributed by atoms with Crippen LogP contribution in [0.5, 0.6) is 5.75 Å². The number of carbonyl (C=O) groups excluding carboxylic acids is 2. The van der Waals surface area contributed by atoms with E-state index in [9.17, 15) is 24.9 Å². The number of methoxy groups -OCH3 is 1. The van der Waals surface area contributed by atoms with Crippen molar-refractivity contribution in [1.29, 1.82) is 0 Å². The molecule has 1 aliphatic heterocycles. The molecule has 2 rings (SSSR count). The molecule has 1 aromatic rings. The standard InChI is InChI=1S/C22H34N2O9/c1-6-31-24(14-7-9-15(30-5)10-8-14)18(12(2)3)22(29)33-20-17(23-13(4)26)21(28)32-16(11-25)19(20)27/h7-10,12,16-21,25,27-28H,6,11H2,1-5H3,(H,23,26)/t16-,17-,18+,19-,20-,21?/m1/s1. The number of hydrogen-bond donors (Lipinski definition) is 4. The minimum Gasteiger partial charge on any atom is -0.497 e. The van der Waals surface area contributed by atoms with Crippen LogP contribution in [0.4, 0.5) is 5.69 Å². The zero-order chi connectivity index (χ0) is 24.7. The van der Waals surface area contributed by atoms with Crippen LogP contribution in [0.3, 0.4) is 0 Å². The minimum atomic E-state index is -1.60. The van der Waals surface area contributed by atoms with Gasteiger partial charge in [-0.1, -0.05) is 13.8 Å². The molecular weight excluding hydrogens is 436 g/mol. The van der Waals surface area contributed by atoms with Gasteiger partial charge in [-0.25, -0.2) is 9.86 Å². The fourth-order valence-corrected chi connectivity index (χ4v) is 3.64. The predicted molar refractivity (Wildman–Crippen MR) is 117 cm³/mol. The fourth-order valence-electron chi connectivity index (χ4n) is 3.64. The van der Waals surface area contributed by atoms with E-state index in [0.29, 0.717) is 11.4 Å². The van der Waals surface area contributed by atoms with Crippen LogP contribution in [0.15, 0.2) is 24.3 Å². The second-order valence-electron chi connectivity index (χ2n) is 8.00. The molecule has 0 bridgehead atoms. The zero-order valence-electron chi connectivity index (χ0n) is 19.5. The van der Waals surface area contributed by atoms with Gasteiger partial charge in [0, 0.05) is 6.92 Å². The van der Waals surface area contributed by atoms with E-state index in [1.807, 2.05) is 0 Å². The van der Waals surface area contributed by atoms with E-state index < -0.39 is 55.2 Å². The van der Waals surface area contributed by atoms with Crippen LogP contribution < -0.4 is 15.1 Å². The van der Waals surface area contributed by atoms with E-state index in [4.69, 9.17) is 19.0 Å². The molecule has 33 heavy (non-hydrogen) atoms. The van der Waals surface area contributed by atoms with Gasteiger partial charge in [-0.15, -0.1) is 0 Å². The molecule has 1 unspecified atom stereocenters. The first-order valence-electron chi connectivity index (χ1n) is 10.8. The van der Waals surface area contributed by atoms with Crippen LogP contribution in [0, 0.1) is 5.92 Å². The Morgan fingerprint density at radius 2 is 1.85 bits per heavy atom. The van der Waals surface area contributed by atoms with Gasteiger partial charge >= 0.3 is 5.97 Å². The van der Waals surface area contributed by atoms with Gasteiger partial charge in [-0.3, -0.25) is 9.63 Å². The molecule has 0 aromatic heterocycles. The monoisotopic (exact) mass is 470 g/mol. The van der Waals surface area contributed by atoms with Gasteiger partial charge in [-0.2, -0.15) is 0 Å². The molecule has 0 radical (unpaired) electrons. The van der Waals surface area contributed by atoms with Crippen LogP contribution >= 0.6 is 0 Å². The molecule has 1 heterocycles. The number of nitrogens with zero attached hydrogens (tertiary/aromatic N) is 1. The third kappa shape index (κ3) is 6.55. The summed E-state index contributed by atoms with van der Waals surface area (Å²) in [5.41, 5.74) is 0.576. The molecule has 0 aliphatic carbocycles. The number of hydroxylamine groups is 1. The highest BCUT2D eigenvalue weighted by atomic mass is 16.7. The number of anilines is 1. The average Bonchev–Trinajstić information content (AvgIpc) is 2.77. The quantitative estimate of drug-likeness (QED) is 0.271. The lowest BCUT2D eigenvalue weighted by Crippen LogP contribution is -2.65. The molecule has 0 spiro atoms. The second-order valence-corrected chi connectivity index (χ2v) is 8.00. The second kappa shape index (κ2) is 12.1. The lowest BCUT2D eigenvalue weighted by atomic mass is 9.96. The highest BCUT2D eigenvalue weighted by Crippen LogP contribution is 2.28. The number of ether oxygens (including phenoxy) is 3. The van der Waals surface area contributed by atoms with Gasteiger partial charge in [0.2, 0.25) is 5.91 Å². The van der Waals surface area contributed by atoms with E-state index in [1.54, 1.807) is 52.1 Å². The number of benzene rings is 1. The summed E-state index contributed by atoms with van der Waals surface area (Å²) in [6.45, 7) is 6.24. The topological polar surface area (TPSA) is 147 Å². The summed E-state index contributed by atoms with van der Waals surface area (Å²) in [7, 11) is 1.54. The Balaban J connectivity index is 2.35. The summed E-state index contributed by atoms with van der Waals surface area (Å²) >= 11 is 0. The molecule has 6 atom stereocenters. The van der Waals surface area contributed by atoms with E-state index in [-0.39, 0.29) is 12.5 Å². The number of aliphatic hydroxyl groups is 3. The van der Waals surface area contributed by atoms with Crippen molar-refractivity contribution in [3.8, 4) is 5.75 Å². The number of amides is 1. The number of rotatable bonds is 10. The summed E-state index contributed by atoms with van der Waals surface area (Å²) in [5, 5.41) is 34.3. The number of aliphatic hydroxyl groups excluding tert-OH is 3. The van der Waals surface area contributed by atoms with Crippen molar-refractivity contribution in [2.75, 3.05) is 25.4 Å². The van der Waals surface area contributed by atoms with Gasteiger partial charge in [-0.05, 0) is 37.1 Å². The summed E-state index contributed by atoms with van der Waals surface area (Å²) < 4.78 is 16.0. The third-order valence-electron chi connectivity index (χ3n) is 5.22. The Morgan fingerprint density at radius 1 is 1.21 bits per heavy atom. The lowest BCUT2D eigenvalue weighted by molar-refractivity contribution is -0.259. The van der Waals surface area contributed by atoms with Crippen molar-refractivity contribution in [3.05, 3.63) is 24.3 Å². The van der Waals surface area contributed by atoms with Gasteiger partial charge < -0.3 is 34.8 Å². The Labute approximate surface area is 193 Å². The largest absolute Gasteiger partial charge is 0.497 e. The summed E-state index contributed by atoms with van der Waals surface area (Å²) in [6.07, 6.45) is -5.67. The molecule has 186 valence electrons. The van der Waals surface area contributed by atoms with Crippen molar-refractivity contribution in [2.45, 2.75) is 64.4 Å². The highest BCUT2D eigenvalue weighted by molar-refractivity contribution is 5.80. The zero-order valence-corrected chi connectivity index (χ0v) is 19.5. The van der Waals surface area contributed by atoms with E-state index in [2.05, 4.69) is 5.32 Å². The molecule has 1 fully saturated rings. The van der Waals surface area contributed by atoms with Crippen LogP contribution in [0.2, 0.25) is 0 Å². The summed E-state index contributed by atoms with van der Waals surface area (Å²) in [6, 6.07) is 4.73. The fraction of sp³-hybridized carbons (Fsp3) is 0.636. The Morgan fingerprint density at radius 3 is 2.33 bits per heavy atom. The minimum absolute atomic E-state index is 0.266. The maximum absolute atomic E-state index is 13.4. The molecule has 1 aromatic carbocycles. The number of esters is 1. The van der Waals surface area contributed by atoms with Crippen molar-refractivity contribution in [1.82, 2.24) is 5.32 Å². The smallest absolute Gasteiger partial charge is 0.332 e. The van der Waals surface area contributed by atoms with Crippen molar-refractivity contribution in [3.63, 3.8) is 0 Å². The van der Waals surface area contributed by atoms with Crippen molar-refractivity contribution in [2.24, 2.45) is 5.92 Å². The Hall–Kier alpha value is -2.44. The van der Waals surface area contributed by atoms with E-state index >= 15 is 0 Å². The molecule has 4 N–H and O–H groups in total. The van der Waals surface area contributed by atoms with Crippen LogP contribution in [-0.2, 0) is 23.9 Å². The van der Waals surface area contributed by atoms with E-state index in [0.717, 1.165) is 0 Å². The number of carbonyl (C=O) groups is 2. The normalized spacial score (nSPS) is 25.9. The predicted octanol–water partition coefficient (Wildman–Crippen LogP) is -0.0354. The average molecular weight is 471 g/mol. The van der Waals surface area contributed by atoms with Crippen molar-refractivity contribution < 1.29 is 44.0 Å². The lowest BCUT2D eigenvalue weighted by Gasteiger charge is -2.43. The Bertz CT molecular complexity index is 774. The molecular formula is C22H34N2O9. The van der Waals surface area contributed by atoms with Gasteiger partial charge in [0.05, 0.1) is 26.0 Å². The molecule has 1 saturated heterocycles. The highest BCUT2D eigenvalue weighted by Gasteiger charge is 2.48. The van der Waals surface area contributed by atoms with Gasteiger partial charge in [0.1, 0.15) is 24.0 Å². The van der Waals surface area contributed by atoms with Crippen molar-refractivity contribution >= 4 is 17.6 Å². The summed E-state index contributed by atoms with van der Waals surface area (Å²) in [5.74, 6) is -0.931. The molecule has 11 heteroatoms. The maximum atomic E-state index is 13.4. The SMILES string of the molecule is CCON(c1ccc(OC)cc1)[C@H](C(=O)O[C@H]1[C@H](O)[C@@H](CO)OC(O)[C@@H]1NC(C)=O)C(C)C. The number of nitrogens with one attached hydrogen (secondary N) is 1. The molecule has 11 nitrogen and oxygen atoms in total. The van der Waals surface area contributed by atoms with Crippen LogP contribution in [0.1, 0.15) is 27.7 Å². The van der Waals surface area contributed by atoms with Crippen LogP contribution in [0.25, 0.3) is 0 Å². The maximum Gasteiger partial charge on any atom is 0.332 e. The van der Waals surface area contributed by atoms with Crippen LogP contribution in [-0.4, -0.2) is 84.2 Å². The first-order valence-corrected chi connectivity index (χ1v) is 10.8.